The van der Waals surface area contributed by atoms with Crippen LogP contribution in [0.25, 0.3) is 0 Å². The Bertz CT molecular complexity index is 2390. The topological polar surface area (TPSA) is 232 Å². The number of aromatic amines is 1. The number of carbonyl (C=O) groups excluding carboxylic acids is 6. The number of ketones is 1. The maximum Gasteiger partial charge on any atom is 0.311 e. The first-order chi connectivity index (χ1) is 34.0. The normalized spacial score (nSPS) is 17.8. The molecule has 0 radical (unpaired) electrons. The summed E-state index contributed by atoms with van der Waals surface area (Å²) in [6.45, 7) is 13.8. The highest BCUT2D eigenvalue weighted by atomic mass is 16.6. The van der Waals surface area contributed by atoms with E-state index in [9.17, 15) is 28.8 Å². The summed E-state index contributed by atoms with van der Waals surface area (Å²) in [6, 6.07) is 20.2. The largest absolute Gasteiger partial charge is 0.483 e. The number of nitrogens with one attached hydrogen (secondary N) is 5. The van der Waals surface area contributed by atoms with Crippen molar-refractivity contribution >= 4 is 35.4 Å². The molecule has 18 heteroatoms. The second-order valence-electron chi connectivity index (χ2n) is 19.7. The predicted octanol–water partition coefficient (Wildman–Crippen LogP) is 4.31. The summed E-state index contributed by atoms with van der Waals surface area (Å²) in [4.78, 5) is 83.5. The number of epoxide rings is 1. The van der Waals surface area contributed by atoms with Crippen molar-refractivity contribution in [3.05, 3.63) is 107 Å². The molecular weight excluding hydrogens is 909 g/mol. The highest BCUT2D eigenvalue weighted by molar-refractivity contribution is 5.99. The number of esters is 1. The molecule has 0 unspecified atom stereocenters. The average Bonchev–Trinajstić information content (AvgIpc) is 3.88. The van der Waals surface area contributed by atoms with Crippen LogP contribution in [0.3, 0.4) is 0 Å². The van der Waals surface area contributed by atoms with Gasteiger partial charge in [0.2, 0.25) is 17.7 Å². The first-order valence-electron chi connectivity index (χ1n) is 24.7. The first kappa shape index (κ1) is 53.8. The lowest BCUT2D eigenvalue weighted by atomic mass is 9.93. The van der Waals surface area contributed by atoms with Crippen LogP contribution in [0.4, 0.5) is 0 Å². The standard InChI is InChI=1S/C53H70N8O10/c1-7-48(63)71-45-21-19-39(29-46(45)69-33-40-30-54-60-59-40)31-61(22-24-68-25-23-61)32-47(62)55-41(20-18-37-14-10-8-11-15-37)50(65)57-43(27-36(4)5)51(66)58-44(28-38-16-12-9-13-17-38)52(67)56-42(26-35(2)3)49(64)53(6)34-70-53/h8-17,19,21,29-30,35-36,41-44H,7,18,20,22-28,31-34H2,1-6H3,(H4-,54,55,56,57,58,59,60,62,65,66,67)/p+1/t41-,42-,43-,44-,53+/m0/s1. The molecule has 2 aliphatic rings. The summed E-state index contributed by atoms with van der Waals surface area (Å²) in [5.41, 5.74) is 2.16. The molecule has 2 aliphatic heterocycles. The van der Waals surface area contributed by atoms with Gasteiger partial charge >= 0.3 is 5.97 Å². The molecule has 5 N–H and O–H groups in total. The summed E-state index contributed by atoms with van der Waals surface area (Å²) in [5.74, 6) is -2.04. The van der Waals surface area contributed by atoms with Crippen LogP contribution in [0, 0.1) is 11.8 Å². The minimum Gasteiger partial charge on any atom is -0.483 e. The lowest BCUT2D eigenvalue weighted by molar-refractivity contribution is -0.940. The van der Waals surface area contributed by atoms with E-state index in [1.165, 1.54) is 0 Å². The molecule has 71 heavy (non-hydrogen) atoms. The molecular formula is C53H71N8O10+. The van der Waals surface area contributed by atoms with E-state index in [0.29, 0.717) is 61.6 Å². The number of rotatable bonds is 27. The number of carbonyl (C=O) groups is 6. The van der Waals surface area contributed by atoms with Gasteiger partial charge in [-0.1, -0.05) is 100 Å². The number of hydrogen-bond acceptors (Lipinski definition) is 12. The summed E-state index contributed by atoms with van der Waals surface area (Å²) in [6.07, 6.45) is 3.22. The number of hydrogen-bond donors (Lipinski definition) is 5. The minimum absolute atomic E-state index is 0.0119. The lowest BCUT2D eigenvalue weighted by Crippen LogP contribution is -2.61. The molecule has 5 atom stereocenters. The van der Waals surface area contributed by atoms with Crippen molar-refractivity contribution in [3.8, 4) is 11.5 Å². The van der Waals surface area contributed by atoms with Crippen LogP contribution in [0.2, 0.25) is 0 Å². The molecule has 0 aliphatic carbocycles. The van der Waals surface area contributed by atoms with Crippen LogP contribution in [-0.4, -0.2) is 124 Å². The highest BCUT2D eigenvalue weighted by Gasteiger charge is 2.50. The molecule has 4 aromatic rings. The van der Waals surface area contributed by atoms with E-state index in [1.807, 2.05) is 94.4 Å². The Hall–Kier alpha value is -6.50. The second-order valence-corrected chi connectivity index (χ2v) is 19.7. The zero-order chi connectivity index (χ0) is 51.0. The van der Waals surface area contributed by atoms with E-state index in [2.05, 4.69) is 36.7 Å². The number of aromatic nitrogens is 3. The molecule has 3 heterocycles. The van der Waals surface area contributed by atoms with Crippen molar-refractivity contribution in [1.29, 1.82) is 0 Å². The van der Waals surface area contributed by atoms with Crippen molar-refractivity contribution in [2.24, 2.45) is 11.8 Å². The quantitative estimate of drug-likeness (QED) is 0.0244. The number of nitrogens with zero attached hydrogens (tertiary/aromatic N) is 3. The molecule has 18 nitrogen and oxygen atoms in total. The van der Waals surface area contributed by atoms with Gasteiger partial charge < -0.3 is 44.7 Å². The molecule has 382 valence electrons. The Balaban J connectivity index is 1.21. The van der Waals surface area contributed by atoms with Gasteiger partial charge in [0.25, 0.3) is 5.91 Å². The molecule has 0 spiro atoms. The van der Waals surface area contributed by atoms with Gasteiger partial charge in [0, 0.05) is 24.6 Å². The Kier molecular flexibility index (Phi) is 19.4. The summed E-state index contributed by atoms with van der Waals surface area (Å²) in [5, 5.41) is 22.2. The maximum atomic E-state index is 14.6. The maximum absolute atomic E-state index is 14.6. The Labute approximate surface area is 416 Å². The van der Waals surface area contributed by atoms with Gasteiger partial charge in [-0.15, -0.1) is 5.10 Å². The van der Waals surface area contributed by atoms with Gasteiger partial charge in [-0.25, -0.2) is 0 Å². The van der Waals surface area contributed by atoms with Crippen molar-refractivity contribution in [1.82, 2.24) is 36.7 Å². The van der Waals surface area contributed by atoms with Crippen LogP contribution in [0.1, 0.15) is 89.6 Å². The summed E-state index contributed by atoms with van der Waals surface area (Å²) in [7, 11) is 0. The summed E-state index contributed by atoms with van der Waals surface area (Å²) >= 11 is 0. The first-order valence-corrected chi connectivity index (χ1v) is 24.7. The van der Waals surface area contributed by atoms with E-state index < -0.39 is 53.5 Å². The number of H-pyrrole nitrogens is 1. The Morgan fingerprint density at radius 2 is 1.35 bits per heavy atom. The van der Waals surface area contributed by atoms with Gasteiger partial charge in [-0.05, 0) is 73.8 Å². The Morgan fingerprint density at radius 3 is 1.97 bits per heavy atom. The van der Waals surface area contributed by atoms with Crippen LogP contribution < -0.4 is 30.7 Å². The molecule has 0 saturated carbocycles. The van der Waals surface area contributed by atoms with E-state index in [4.69, 9.17) is 18.9 Å². The molecule has 3 aromatic carbocycles. The van der Waals surface area contributed by atoms with Crippen LogP contribution in [0.5, 0.6) is 11.5 Å². The third kappa shape index (κ3) is 16.5. The van der Waals surface area contributed by atoms with Crippen molar-refractivity contribution < 1.29 is 52.2 Å². The monoisotopic (exact) mass is 980 g/mol. The minimum atomic E-state index is -1.09. The fourth-order valence-electron chi connectivity index (χ4n) is 8.65. The van der Waals surface area contributed by atoms with E-state index in [1.54, 1.807) is 32.2 Å². The smallest absolute Gasteiger partial charge is 0.311 e. The van der Waals surface area contributed by atoms with Gasteiger partial charge in [-0.3, -0.25) is 33.9 Å². The lowest BCUT2D eigenvalue weighted by Gasteiger charge is -2.41. The Morgan fingerprint density at radius 1 is 0.746 bits per heavy atom. The zero-order valence-corrected chi connectivity index (χ0v) is 41.9. The number of quaternary nitrogens is 1. The van der Waals surface area contributed by atoms with Crippen molar-refractivity contribution in [3.63, 3.8) is 0 Å². The zero-order valence-electron chi connectivity index (χ0n) is 41.9. The highest BCUT2D eigenvalue weighted by Crippen LogP contribution is 2.32. The van der Waals surface area contributed by atoms with E-state index in [0.717, 1.165) is 16.7 Å². The number of Topliss-reactive ketones (excluding diaryl/α,β-unsaturated/α-hetero) is 1. The van der Waals surface area contributed by atoms with Crippen molar-refractivity contribution in [2.75, 3.05) is 39.5 Å². The molecule has 2 fully saturated rings. The molecule has 0 bridgehead atoms. The predicted molar refractivity (Wildman–Crippen MR) is 263 cm³/mol. The van der Waals surface area contributed by atoms with Crippen LogP contribution >= 0.6 is 0 Å². The number of benzene rings is 3. The number of morpholine rings is 1. The molecule has 2 saturated heterocycles. The molecule has 4 amide bonds. The van der Waals surface area contributed by atoms with Crippen molar-refractivity contribution in [2.45, 2.75) is 123 Å². The van der Waals surface area contributed by atoms with Gasteiger partial charge in [0.05, 0.1) is 25.9 Å². The fourth-order valence-corrected chi connectivity index (χ4v) is 8.65. The van der Waals surface area contributed by atoms with Crippen LogP contribution in [-0.2, 0) is 64.2 Å². The van der Waals surface area contributed by atoms with E-state index in [-0.39, 0.29) is 74.7 Å². The van der Waals surface area contributed by atoms with Gasteiger partial charge in [-0.2, -0.15) is 0 Å². The van der Waals surface area contributed by atoms with Crippen LogP contribution in [0.15, 0.2) is 85.1 Å². The molecule has 6 rings (SSSR count). The third-order valence-corrected chi connectivity index (χ3v) is 12.7. The SMILES string of the molecule is CCC(=O)Oc1ccc(C[N+]2(CC(=O)N[C@@H](CCc3ccccc3)C(=O)N[C@@H](CC(C)C)C(=O)N[C@@H](Cc3ccccc3)C(=O)N[C@@H](CC(C)C)C(=O)[C@@]3(C)CO3)CCOCC2)cc1OCc1c[nH]nn1. The fraction of sp³-hybridized carbons (Fsp3) is 0.509. The summed E-state index contributed by atoms with van der Waals surface area (Å²) < 4.78 is 23.2. The van der Waals surface area contributed by atoms with Gasteiger partial charge in [0.15, 0.2) is 23.8 Å². The number of aryl methyl sites for hydroxylation is 1. The second kappa shape index (κ2) is 25.6. The molecule has 1 aromatic heterocycles. The number of amides is 4. The van der Waals surface area contributed by atoms with E-state index >= 15 is 0 Å². The van der Waals surface area contributed by atoms with Gasteiger partial charge in [0.1, 0.15) is 55.7 Å². The average molecular weight is 980 g/mol. The number of ether oxygens (including phenoxy) is 4. The third-order valence-electron chi connectivity index (χ3n) is 12.7.